The summed E-state index contributed by atoms with van der Waals surface area (Å²) in [6.07, 6.45) is 8.79. The minimum atomic E-state index is -0.750. The molecule has 0 spiro atoms. The van der Waals surface area contributed by atoms with E-state index >= 15 is 0 Å². The fourth-order valence-corrected chi connectivity index (χ4v) is 3.51. The second-order valence-corrected chi connectivity index (χ2v) is 10.2. The van der Waals surface area contributed by atoms with Gasteiger partial charge in [0.2, 0.25) is 5.91 Å². The van der Waals surface area contributed by atoms with Gasteiger partial charge in [-0.15, -0.1) is 12.2 Å². The number of aryl methyl sites for hydroxylation is 1. The molecule has 0 radical (unpaired) electrons. The SMILES string of the molecule is C.C/C=C/c1c(C)ccc(C(=O)N(CC)CC)c1O.C=CCC(/C(O)=C/C(=O)N(CC)CC)=C(\C)C=C.CC(C)(C)[O-].[K+]. The molecule has 0 aliphatic heterocycles. The third kappa shape index (κ3) is 19.1. The van der Waals surface area contributed by atoms with Crippen molar-refractivity contribution in [1.29, 1.82) is 0 Å². The van der Waals surface area contributed by atoms with Crippen LogP contribution < -0.4 is 56.5 Å². The van der Waals surface area contributed by atoms with Crippen molar-refractivity contribution in [3.63, 3.8) is 0 Å². The molecular formula is C35H57KN2O5. The first kappa shape index (κ1) is 48.0. The van der Waals surface area contributed by atoms with Gasteiger partial charge in [-0.3, -0.25) is 9.59 Å². The number of carbonyl (C=O) groups excluding carboxylic acids is 2. The Balaban J connectivity index is -0.000000294. The average Bonchev–Trinajstić information content (AvgIpc) is 2.90. The summed E-state index contributed by atoms with van der Waals surface area (Å²) in [7, 11) is 0. The molecule has 8 heteroatoms. The topological polar surface area (TPSA) is 104 Å². The molecule has 7 nitrogen and oxygen atoms in total. The quantitative estimate of drug-likeness (QED) is 0.125. The normalized spacial score (nSPS) is 11.3. The van der Waals surface area contributed by atoms with Crippen molar-refractivity contribution in [1.82, 2.24) is 9.80 Å². The first-order chi connectivity index (χ1) is 19.1. The third-order valence-electron chi connectivity index (χ3n) is 5.82. The number of phenols is 1. The Kier molecular flexibility index (Phi) is 28.3. The van der Waals surface area contributed by atoms with Crippen molar-refractivity contribution in [2.24, 2.45) is 0 Å². The van der Waals surface area contributed by atoms with Crippen LogP contribution in [0.15, 0.2) is 66.5 Å². The molecule has 2 amide bonds. The zero-order valence-electron chi connectivity index (χ0n) is 28.0. The molecule has 238 valence electrons. The van der Waals surface area contributed by atoms with Crippen LogP contribution in [0.2, 0.25) is 0 Å². The summed E-state index contributed by atoms with van der Waals surface area (Å²) in [6, 6.07) is 3.56. The second-order valence-electron chi connectivity index (χ2n) is 10.2. The van der Waals surface area contributed by atoms with E-state index < -0.39 is 5.60 Å². The van der Waals surface area contributed by atoms with Gasteiger partial charge in [-0.05, 0) is 72.1 Å². The fourth-order valence-electron chi connectivity index (χ4n) is 3.51. The molecule has 43 heavy (non-hydrogen) atoms. The molecule has 0 bridgehead atoms. The zero-order chi connectivity index (χ0) is 32.3. The number of aliphatic hydroxyl groups excluding tert-OH is 1. The van der Waals surface area contributed by atoms with Crippen LogP contribution in [0.4, 0.5) is 0 Å². The van der Waals surface area contributed by atoms with Crippen LogP contribution in [-0.2, 0) is 4.79 Å². The second kappa shape index (κ2) is 25.4. The van der Waals surface area contributed by atoms with Crippen molar-refractivity contribution < 1.29 is 76.3 Å². The molecule has 1 aromatic rings. The third-order valence-corrected chi connectivity index (χ3v) is 5.82. The Bertz CT molecular complexity index is 1080. The minimum absolute atomic E-state index is 0. The largest absolute Gasteiger partial charge is 1.00 e. The molecule has 0 aromatic heterocycles. The van der Waals surface area contributed by atoms with Gasteiger partial charge < -0.3 is 25.1 Å². The van der Waals surface area contributed by atoms with Gasteiger partial charge in [0, 0.05) is 43.4 Å². The molecule has 0 saturated heterocycles. The van der Waals surface area contributed by atoms with E-state index in [-0.39, 0.29) is 82.1 Å². The Hall–Kier alpha value is -1.94. The van der Waals surface area contributed by atoms with Gasteiger partial charge in [0.25, 0.3) is 5.91 Å². The Morgan fingerprint density at radius 2 is 1.47 bits per heavy atom. The number of phenolic OH excluding ortho intramolecular Hbond substituents is 1. The minimum Gasteiger partial charge on any atom is -0.850 e. The molecule has 0 aliphatic carbocycles. The Morgan fingerprint density at radius 1 is 1.00 bits per heavy atom. The summed E-state index contributed by atoms with van der Waals surface area (Å²) in [5, 5.41) is 30.3. The molecular weight excluding hydrogens is 567 g/mol. The number of hydrogen-bond donors (Lipinski definition) is 2. The molecule has 0 aliphatic rings. The van der Waals surface area contributed by atoms with Crippen molar-refractivity contribution in [3.05, 3.63) is 83.2 Å². The Morgan fingerprint density at radius 3 is 1.84 bits per heavy atom. The van der Waals surface area contributed by atoms with Crippen LogP contribution in [0, 0.1) is 6.92 Å². The number of hydrogen-bond acceptors (Lipinski definition) is 5. The summed E-state index contributed by atoms with van der Waals surface area (Å²) >= 11 is 0. The first-order valence-electron chi connectivity index (χ1n) is 14.2. The smallest absolute Gasteiger partial charge is 0.850 e. The summed E-state index contributed by atoms with van der Waals surface area (Å²) in [5.41, 5.74) is 2.83. The van der Waals surface area contributed by atoms with E-state index in [0.29, 0.717) is 43.7 Å². The van der Waals surface area contributed by atoms with Gasteiger partial charge >= 0.3 is 51.4 Å². The number of benzene rings is 1. The van der Waals surface area contributed by atoms with Gasteiger partial charge in [0.05, 0.1) is 5.56 Å². The maximum atomic E-state index is 12.2. The maximum Gasteiger partial charge on any atom is 1.00 e. The summed E-state index contributed by atoms with van der Waals surface area (Å²) in [6.45, 7) is 28.1. The van der Waals surface area contributed by atoms with Gasteiger partial charge in [-0.1, -0.05) is 65.1 Å². The fraction of sp³-hybridized carbons (Fsp3) is 0.486. The number of carbonyl (C=O) groups is 2. The van der Waals surface area contributed by atoms with Crippen molar-refractivity contribution in [3.8, 4) is 5.75 Å². The standard InChI is InChI=1S/C15H21NO2.C15H23NO2.C4H9O.CH4.K/c1-5-8-12-11(4)9-10-13(14(12)17)15(18)16(6-2)7-3;1-6-10-13(12(5)7-2)14(17)11-15(18)16(8-3)9-4;1-4(2,3)5;;/h5,8-10,17H,6-7H2,1-4H3;6-7,11,17H,1-2,8-10H2,3-5H3;1-3H3;1H4;/q;;-1;;+1/b8-5+;13-12-,14-11-;;;. The monoisotopic (exact) mass is 624 g/mol. The van der Waals surface area contributed by atoms with Gasteiger partial charge in [-0.2, -0.15) is 0 Å². The van der Waals surface area contributed by atoms with Crippen molar-refractivity contribution >= 4 is 17.9 Å². The number of nitrogens with zero attached hydrogens (tertiary/aromatic N) is 2. The van der Waals surface area contributed by atoms with Crippen LogP contribution in [0.25, 0.3) is 6.08 Å². The average molecular weight is 625 g/mol. The molecule has 0 fully saturated rings. The van der Waals surface area contributed by atoms with Gasteiger partial charge in [-0.25, -0.2) is 0 Å². The van der Waals surface area contributed by atoms with E-state index in [1.54, 1.807) is 48.8 Å². The van der Waals surface area contributed by atoms with E-state index in [1.807, 2.05) is 66.7 Å². The summed E-state index contributed by atoms with van der Waals surface area (Å²) in [4.78, 5) is 27.4. The van der Waals surface area contributed by atoms with Gasteiger partial charge in [0.1, 0.15) is 11.5 Å². The number of rotatable bonds is 11. The number of aliphatic hydroxyl groups is 1. The van der Waals surface area contributed by atoms with Crippen molar-refractivity contribution in [2.45, 2.75) is 88.7 Å². The first-order valence-corrected chi connectivity index (χ1v) is 14.2. The Labute approximate surface area is 305 Å². The maximum absolute atomic E-state index is 12.2. The zero-order valence-corrected chi connectivity index (χ0v) is 31.1. The van der Waals surface area contributed by atoms with E-state index in [1.165, 1.54) is 6.08 Å². The van der Waals surface area contributed by atoms with Crippen LogP contribution >= 0.6 is 0 Å². The van der Waals surface area contributed by atoms with Crippen LogP contribution in [0.3, 0.4) is 0 Å². The molecule has 0 heterocycles. The molecule has 2 N–H and O–H groups in total. The van der Waals surface area contributed by atoms with Gasteiger partial charge in [0.15, 0.2) is 0 Å². The number of amides is 2. The van der Waals surface area contributed by atoms with Crippen molar-refractivity contribution in [2.75, 3.05) is 26.2 Å². The predicted molar refractivity (Wildman–Crippen MR) is 178 cm³/mol. The van der Waals surface area contributed by atoms with Crippen LogP contribution in [0.5, 0.6) is 5.75 Å². The molecule has 0 saturated carbocycles. The van der Waals surface area contributed by atoms with E-state index in [2.05, 4.69) is 13.2 Å². The molecule has 0 unspecified atom stereocenters. The van der Waals surface area contributed by atoms with E-state index in [4.69, 9.17) is 0 Å². The van der Waals surface area contributed by atoms with E-state index in [0.717, 1.165) is 16.7 Å². The summed E-state index contributed by atoms with van der Waals surface area (Å²) in [5.74, 6) is -0.242. The predicted octanol–water partition coefficient (Wildman–Crippen LogP) is 4.38. The van der Waals surface area contributed by atoms with Crippen LogP contribution in [0.1, 0.15) is 97.6 Å². The van der Waals surface area contributed by atoms with E-state index in [9.17, 15) is 24.9 Å². The number of aromatic hydroxyl groups is 1. The number of likely N-dealkylation sites (N-methyl/N-ethyl adjacent to an activating group) is 1. The van der Waals surface area contributed by atoms with Crippen LogP contribution in [-0.4, -0.2) is 63.6 Å². The summed E-state index contributed by atoms with van der Waals surface area (Å²) < 4.78 is 0. The number of allylic oxidation sites excluding steroid dienone is 5. The molecule has 0 atom stereocenters. The molecule has 1 rings (SSSR count). The molecule has 1 aromatic carbocycles.